The Balaban J connectivity index is 1.52. The number of benzene rings is 1. The summed E-state index contributed by atoms with van der Waals surface area (Å²) in [4.78, 5) is 61.9. The predicted molar refractivity (Wildman–Crippen MR) is 132 cm³/mol. The number of nitrogen functional groups attached to an aromatic ring is 1. The molecule has 0 aliphatic carbocycles. The Morgan fingerprint density at radius 2 is 1.89 bits per heavy atom. The van der Waals surface area contributed by atoms with Crippen molar-refractivity contribution in [2.45, 2.75) is 45.2 Å². The van der Waals surface area contributed by atoms with Crippen molar-refractivity contribution >= 4 is 40.6 Å². The van der Waals surface area contributed by atoms with Gasteiger partial charge in [0.05, 0.1) is 18.4 Å². The van der Waals surface area contributed by atoms with Gasteiger partial charge in [0, 0.05) is 24.2 Å². The summed E-state index contributed by atoms with van der Waals surface area (Å²) in [5.41, 5.74) is 6.74. The van der Waals surface area contributed by atoms with Gasteiger partial charge in [0.15, 0.2) is 11.2 Å². The van der Waals surface area contributed by atoms with E-state index < -0.39 is 23.5 Å². The first kappa shape index (κ1) is 26.1. The molecular weight excluding hydrogens is 468 g/mol. The second-order valence-corrected chi connectivity index (χ2v) is 7.98. The highest BCUT2D eigenvalue weighted by Crippen LogP contribution is 2.12. The predicted octanol–water partition coefficient (Wildman–Crippen LogP) is 0.787. The Bertz CT molecular complexity index is 1290. The lowest BCUT2D eigenvalue weighted by atomic mass is 10.1. The van der Waals surface area contributed by atoms with Gasteiger partial charge in [-0.15, -0.1) is 0 Å². The largest absolute Gasteiger partial charge is 0.480 e. The molecule has 1 aromatic carbocycles. The lowest BCUT2D eigenvalue weighted by molar-refractivity contribution is -0.139. The molecule has 0 spiro atoms. The van der Waals surface area contributed by atoms with Crippen molar-refractivity contribution in [3.05, 3.63) is 52.1 Å². The smallest absolute Gasteiger partial charge is 0.326 e. The van der Waals surface area contributed by atoms with Crippen LogP contribution < -0.4 is 27.2 Å². The number of H-pyrrole nitrogens is 1. The number of nitrogens with two attached hydrogens (primary N) is 1. The highest BCUT2D eigenvalue weighted by molar-refractivity contribution is 5.96. The number of hydrogen-bond acceptors (Lipinski definition) is 9. The van der Waals surface area contributed by atoms with E-state index in [2.05, 4.69) is 35.9 Å². The SMILES string of the molecule is CCC(=O)NCCCCC(NC(=O)c1ccc(NCc2cnc3nc(N)[nH]c(=O)c3n2)cc1)C(=O)O. The molecule has 0 aliphatic heterocycles. The summed E-state index contributed by atoms with van der Waals surface area (Å²) in [6.07, 6.45) is 3.28. The van der Waals surface area contributed by atoms with E-state index in [0.717, 1.165) is 0 Å². The molecular formula is C23H28N8O5. The van der Waals surface area contributed by atoms with Crippen molar-refractivity contribution in [3.63, 3.8) is 0 Å². The zero-order valence-corrected chi connectivity index (χ0v) is 19.7. The molecule has 36 heavy (non-hydrogen) atoms. The number of carboxylic acid groups (broad SMARTS) is 1. The number of fused-ring (bicyclic) bond motifs is 1. The lowest BCUT2D eigenvalue weighted by Crippen LogP contribution is -2.40. The van der Waals surface area contributed by atoms with E-state index in [-0.39, 0.29) is 36.0 Å². The van der Waals surface area contributed by atoms with E-state index >= 15 is 0 Å². The number of aromatic amines is 1. The van der Waals surface area contributed by atoms with Gasteiger partial charge in [0.1, 0.15) is 6.04 Å². The van der Waals surface area contributed by atoms with Gasteiger partial charge in [-0.3, -0.25) is 19.4 Å². The molecule has 0 saturated heterocycles. The zero-order valence-electron chi connectivity index (χ0n) is 19.7. The van der Waals surface area contributed by atoms with Crippen LogP contribution in [-0.4, -0.2) is 55.4 Å². The van der Waals surface area contributed by atoms with Crippen LogP contribution in [0.15, 0.2) is 35.3 Å². The molecule has 3 rings (SSSR count). The summed E-state index contributed by atoms with van der Waals surface area (Å²) < 4.78 is 0. The first-order valence-electron chi connectivity index (χ1n) is 11.4. The number of carbonyl (C=O) groups is 3. The fourth-order valence-electron chi connectivity index (χ4n) is 3.31. The third-order valence-corrected chi connectivity index (χ3v) is 5.27. The molecule has 0 aliphatic rings. The van der Waals surface area contributed by atoms with E-state index in [4.69, 9.17) is 5.73 Å². The average Bonchev–Trinajstić information content (AvgIpc) is 2.86. The maximum Gasteiger partial charge on any atom is 0.326 e. The summed E-state index contributed by atoms with van der Waals surface area (Å²) in [5, 5.41) is 17.8. The standard InChI is InChI=1S/C23H28N8O5/c1-2-17(32)25-10-4-3-5-16(22(35)36)29-20(33)13-6-8-14(9-7-13)26-11-15-12-27-19-18(28-15)21(34)31-23(24)30-19/h6-9,12,16,26H,2-5,10-11H2,1H3,(H,25,32)(H,29,33)(H,35,36)(H3,24,27,30,31,34). The molecule has 3 aromatic rings. The summed E-state index contributed by atoms with van der Waals surface area (Å²) in [7, 11) is 0. The summed E-state index contributed by atoms with van der Waals surface area (Å²) in [5.74, 6) is -1.71. The van der Waals surface area contributed by atoms with Crippen LogP contribution in [0, 0.1) is 0 Å². The maximum absolute atomic E-state index is 12.5. The molecule has 13 heteroatoms. The third-order valence-electron chi connectivity index (χ3n) is 5.27. The molecule has 0 fully saturated rings. The van der Waals surface area contributed by atoms with Gasteiger partial charge in [-0.1, -0.05) is 6.92 Å². The second kappa shape index (κ2) is 12.2. The molecule has 0 bridgehead atoms. The molecule has 0 radical (unpaired) electrons. The normalized spacial score (nSPS) is 11.6. The van der Waals surface area contributed by atoms with Crippen LogP contribution in [0.4, 0.5) is 11.6 Å². The lowest BCUT2D eigenvalue weighted by Gasteiger charge is -2.15. The van der Waals surface area contributed by atoms with Gasteiger partial charge in [-0.25, -0.2) is 14.8 Å². The summed E-state index contributed by atoms with van der Waals surface area (Å²) in [6, 6.07) is 5.45. The molecule has 1 atom stereocenters. The summed E-state index contributed by atoms with van der Waals surface area (Å²) >= 11 is 0. The van der Waals surface area contributed by atoms with Crippen molar-refractivity contribution in [2.24, 2.45) is 0 Å². The first-order chi connectivity index (χ1) is 17.3. The van der Waals surface area contributed by atoms with Gasteiger partial charge in [-0.2, -0.15) is 4.98 Å². The zero-order chi connectivity index (χ0) is 26.1. The third kappa shape index (κ3) is 7.22. The Hall–Kier alpha value is -4.55. The minimum absolute atomic E-state index is 0.0381. The molecule has 0 saturated carbocycles. The van der Waals surface area contributed by atoms with E-state index in [1.54, 1.807) is 31.2 Å². The van der Waals surface area contributed by atoms with Crippen LogP contribution in [0.3, 0.4) is 0 Å². The number of rotatable bonds is 12. The summed E-state index contributed by atoms with van der Waals surface area (Å²) in [6.45, 7) is 2.48. The van der Waals surface area contributed by atoms with Crippen molar-refractivity contribution in [1.29, 1.82) is 0 Å². The van der Waals surface area contributed by atoms with Crippen LogP contribution >= 0.6 is 0 Å². The van der Waals surface area contributed by atoms with E-state index in [1.165, 1.54) is 6.20 Å². The van der Waals surface area contributed by atoms with Crippen LogP contribution in [0.2, 0.25) is 0 Å². The number of amides is 2. The van der Waals surface area contributed by atoms with Crippen LogP contribution in [0.1, 0.15) is 48.7 Å². The number of carbonyl (C=O) groups excluding carboxylic acids is 2. The molecule has 190 valence electrons. The Morgan fingerprint density at radius 3 is 2.58 bits per heavy atom. The number of hydrogen-bond donors (Lipinski definition) is 6. The van der Waals surface area contributed by atoms with Crippen LogP contribution in [0.5, 0.6) is 0 Å². The van der Waals surface area contributed by atoms with E-state index in [0.29, 0.717) is 42.8 Å². The van der Waals surface area contributed by atoms with E-state index in [1.807, 2.05) is 0 Å². The van der Waals surface area contributed by atoms with Crippen molar-refractivity contribution in [2.75, 3.05) is 17.6 Å². The molecule has 2 heterocycles. The minimum atomic E-state index is -1.12. The van der Waals surface area contributed by atoms with Gasteiger partial charge in [-0.05, 0) is 43.5 Å². The second-order valence-electron chi connectivity index (χ2n) is 7.98. The first-order valence-corrected chi connectivity index (χ1v) is 11.4. The number of aromatic nitrogens is 4. The minimum Gasteiger partial charge on any atom is -0.480 e. The molecule has 2 aromatic heterocycles. The van der Waals surface area contributed by atoms with Crippen molar-refractivity contribution < 1.29 is 19.5 Å². The van der Waals surface area contributed by atoms with Crippen LogP contribution in [0.25, 0.3) is 11.2 Å². The quantitative estimate of drug-likeness (QED) is 0.194. The fourth-order valence-corrected chi connectivity index (χ4v) is 3.31. The van der Waals surface area contributed by atoms with Gasteiger partial charge in [0.2, 0.25) is 11.9 Å². The number of unbranched alkanes of at least 4 members (excludes halogenated alkanes) is 1. The van der Waals surface area contributed by atoms with E-state index in [9.17, 15) is 24.3 Å². The average molecular weight is 497 g/mol. The Labute approximate surface area is 205 Å². The number of carboxylic acids is 1. The molecule has 13 nitrogen and oxygen atoms in total. The van der Waals surface area contributed by atoms with Crippen molar-refractivity contribution in [3.8, 4) is 0 Å². The van der Waals surface area contributed by atoms with Gasteiger partial charge in [0.25, 0.3) is 11.5 Å². The van der Waals surface area contributed by atoms with Crippen molar-refractivity contribution in [1.82, 2.24) is 30.6 Å². The number of anilines is 2. The highest BCUT2D eigenvalue weighted by atomic mass is 16.4. The molecule has 1 unspecified atom stereocenters. The molecule has 2 amide bonds. The number of nitrogens with zero attached hydrogens (tertiary/aromatic N) is 3. The number of aliphatic carboxylic acids is 1. The van der Waals surface area contributed by atoms with Gasteiger partial charge < -0.3 is 26.8 Å². The monoisotopic (exact) mass is 496 g/mol. The Kier molecular flexibility index (Phi) is 8.86. The fraction of sp³-hybridized carbons (Fsp3) is 0.348. The van der Waals surface area contributed by atoms with Gasteiger partial charge >= 0.3 is 5.97 Å². The topological polar surface area (TPSA) is 205 Å². The maximum atomic E-state index is 12.5. The van der Waals surface area contributed by atoms with Crippen LogP contribution in [-0.2, 0) is 16.1 Å². The molecule has 7 N–H and O–H groups in total. The number of nitrogens with one attached hydrogen (secondary N) is 4. The Morgan fingerprint density at radius 1 is 1.14 bits per heavy atom. The highest BCUT2D eigenvalue weighted by Gasteiger charge is 2.20.